The predicted molar refractivity (Wildman–Crippen MR) is 94.3 cm³/mol. The van der Waals surface area contributed by atoms with Gasteiger partial charge >= 0.3 is 5.97 Å². The molecular formula is C16H23N3O6S. The fraction of sp³-hybridized carbons (Fsp3) is 0.562. The Labute approximate surface area is 152 Å². The minimum absolute atomic E-state index is 0.0229. The summed E-state index contributed by atoms with van der Waals surface area (Å²) in [6.45, 7) is 3.41. The zero-order valence-corrected chi connectivity index (χ0v) is 15.5. The quantitative estimate of drug-likeness (QED) is 0.411. The predicted octanol–water partition coefficient (Wildman–Crippen LogP) is 1.49. The lowest BCUT2D eigenvalue weighted by atomic mass is 10.1. The van der Waals surface area contributed by atoms with E-state index in [4.69, 9.17) is 10.5 Å². The highest BCUT2D eigenvalue weighted by Gasteiger charge is 2.32. The second-order valence-electron chi connectivity index (χ2n) is 6.25. The van der Waals surface area contributed by atoms with Crippen LogP contribution in [0.5, 0.6) is 0 Å². The molecule has 0 aliphatic heterocycles. The van der Waals surface area contributed by atoms with Crippen LogP contribution in [-0.4, -0.2) is 38.5 Å². The van der Waals surface area contributed by atoms with E-state index < -0.39 is 26.6 Å². The highest BCUT2D eigenvalue weighted by atomic mass is 32.2. The van der Waals surface area contributed by atoms with Crippen LogP contribution in [0.4, 0.5) is 5.69 Å². The minimum Gasteiger partial charge on any atom is -0.462 e. The van der Waals surface area contributed by atoms with E-state index in [0.29, 0.717) is 13.0 Å². The maximum absolute atomic E-state index is 12.7. The van der Waals surface area contributed by atoms with Gasteiger partial charge in [0.1, 0.15) is 0 Å². The lowest BCUT2D eigenvalue weighted by Gasteiger charge is -2.19. The van der Waals surface area contributed by atoms with Crippen molar-refractivity contribution < 1.29 is 22.9 Å². The van der Waals surface area contributed by atoms with Crippen LogP contribution in [0.15, 0.2) is 17.0 Å². The molecule has 1 fully saturated rings. The fourth-order valence-electron chi connectivity index (χ4n) is 3.18. The molecule has 1 aliphatic rings. The molecule has 1 aromatic carbocycles. The third kappa shape index (κ3) is 4.19. The molecule has 0 amide bonds. The van der Waals surface area contributed by atoms with Gasteiger partial charge in [-0.1, -0.05) is 6.42 Å². The van der Waals surface area contributed by atoms with Crippen molar-refractivity contribution in [3.05, 3.63) is 33.4 Å². The zero-order chi connectivity index (χ0) is 19.5. The number of hydrogen-bond donors (Lipinski definition) is 2. The largest absolute Gasteiger partial charge is 0.462 e. The summed E-state index contributed by atoms with van der Waals surface area (Å²) < 4.78 is 32.9. The zero-order valence-electron chi connectivity index (χ0n) is 14.7. The molecule has 0 heterocycles. The molecule has 144 valence electrons. The van der Waals surface area contributed by atoms with Gasteiger partial charge in [0.2, 0.25) is 10.0 Å². The molecule has 2 unspecified atom stereocenters. The number of hydrogen-bond acceptors (Lipinski definition) is 7. The van der Waals surface area contributed by atoms with E-state index in [1.807, 2.05) is 0 Å². The van der Waals surface area contributed by atoms with Gasteiger partial charge in [0, 0.05) is 17.7 Å². The Morgan fingerprint density at radius 2 is 2.12 bits per heavy atom. The van der Waals surface area contributed by atoms with Gasteiger partial charge in [-0.2, -0.15) is 0 Å². The number of sulfonamides is 1. The molecule has 3 N–H and O–H groups in total. The SMILES string of the molecule is CCOC(=O)c1cc(S(=O)(=O)NC2CCCC2CN)cc([N+](=O)[O-])c1C. The maximum atomic E-state index is 12.7. The summed E-state index contributed by atoms with van der Waals surface area (Å²) in [6.07, 6.45) is 2.34. The Morgan fingerprint density at radius 1 is 1.42 bits per heavy atom. The Morgan fingerprint density at radius 3 is 2.69 bits per heavy atom. The third-order valence-electron chi connectivity index (χ3n) is 4.62. The highest BCUT2D eigenvalue weighted by molar-refractivity contribution is 7.89. The number of ether oxygens (including phenoxy) is 1. The number of rotatable bonds is 7. The summed E-state index contributed by atoms with van der Waals surface area (Å²) in [5.74, 6) is -0.777. The summed E-state index contributed by atoms with van der Waals surface area (Å²) in [7, 11) is -4.05. The summed E-state index contributed by atoms with van der Waals surface area (Å²) in [6, 6.07) is 1.76. The number of carbonyl (C=O) groups excluding carboxylic acids is 1. The lowest BCUT2D eigenvalue weighted by Crippen LogP contribution is -2.39. The first kappa shape index (κ1) is 20.3. The Balaban J connectivity index is 2.47. The average molecular weight is 385 g/mol. The molecule has 0 bridgehead atoms. The molecule has 0 spiro atoms. The first-order valence-electron chi connectivity index (χ1n) is 8.39. The normalized spacial score (nSPS) is 20.1. The van der Waals surface area contributed by atoms with E-state index in [1.54, 1.807) is 6.92 Å². The summed E-state index contributed by atoms with van der Waals surface area (Å²) in [5, 5.41) is 11.3. The van der Waals surface area contributed by atoms with E-state index in [-0.39, 0.29) is 34.6 Å². The standard InChI is InChI=1S/C16H23N3O6S/c1-3-25-16(20)13-7-12(8-15(10(13)2)19(21)22)26(23,24)18-14-6-4-5-11(14)9-17/h7-8,11,14,18H,3-6,9,17H2,1-2H3. The van der Waals surface area contributed by atoms with Crippen molar-refractivity contribution in [3.63, 3.8) is 0 Å². The molecule has 0 aromatic heterocycles. The Hall–Kier alpha value is -2.04. The van der Waals surface area contributed by atoms with Crippen LogP contribution in [0.1, 0.15) is 42.1 Å². The number of esters is 1. The van der Waals surface area contributed by atoms with Crippen molar-refractivity contribution in [2.45, 2.75) is 44.0 Å². The molecule has 1 aliphatic carbocycles. The number of nitrogens with zero attached hydrogens (tertiary/aromatic N) is 1. The van der Waals surface area contributed by atoms with E-state index in [0.717, 1.165) is 25.0 Å². The second-order valence-corrected chi connectivity index (χ2v) is 7.96. The molecule has 2 atom stereocenters. The van der Waals surface area contributed by atoms with Crippen molar-refractivity contribution in [1.82, 2.24) is 4.72 Å². The molecule has 26 heavy (non-hydrogen) atoms. The van der Waals surface area contributed by atoms with Crippen LogP contribution in [0, 0.1) is 23.0 Å². The van der Waals surface area contributed by atoms with Gasteiger partial charge in [0.15, 0.2) is 0 Å². The van der Waals surface area contributed by atoms with Crippen molar-refractivity contribution in [2.24, 2.45) is 11.7 Å². The van der Waals surface area contributed by atoms with Gasteiger partial charge in [-0.25, -0.2) is 17.9 Å². The lowest BCUT2D eigenvalue weighted by molar-refractivity contribution is -0.385. The van der Waals surface area contributed by atoms with Crippen LogP contribution >= 0.6 is 0 Å². The first-order chi connectivity index (χ1) is 12.2. The van der Waals surface area contributed by atoms with Crippen LogP contribution in [-0.2, 0) is 14.8 Å². The molecule has 1 aromatic rings. The van der Waals surface area contributed by atoms with E-state index in [9.17, 15) is 23.3 Å². The number of nitrogens with one attached hydrogen (secondary N) is 1. The summed E-state index contributed by atoms with van der Waals surface area (Å²) in [5.41, 5.74) is 5.16. The fourth-order valence-corrected chi connectivity index (χ4v) is 4.56. The van der Waals surface area contributed by atoms with Crippen LogP contribution in [0.3, 0.4) is 0 Å². The van der Waals surface area contributed by atoms with Crippen LogP contribution in [0.25, 0.3) is 0 Å². The topological polar surface area (TPSA) is 142 Å². The van der Waals surface area contributed by atoms with Crippen LogP contribution in [0.2, 0.25) is 0 Å². The first-order valence-corrected chi connectivity index (χ1v) is 9.88. The summed E-state index contributed by atoms with van der Waals surface area (Å²) in [4.78, 5) is 22.3. The number of nitrogens with two attached hydrogens (primary N) is 1. The van der Waals surface area contributed by atoms with Gasteiger partial charge in [0.25, 0.3) is 5.69 Å². The Bertz CT molecular complexity index is 808. The van der Waals surface area contributed by atoms with Gasteiger partial charge in [-0.3, -0.25) is 10.1 Å². The number of nitro benzene ring substituents is 1. The van der Waals surface area contributed by atoms with Gasteiger partial charge < -0.3 is 10.5 Å². The smallest absolute Gasteiger partial charge is 0.338 e. The number of benzene rings is 1. The third-order valence-corrected chi connectivity index (χ3v) is 6.09. The molecule has 1 saturated carbocycles. The van der Waals surface area contributed by atoms with E-state index in [2.05, 4.69) is 4.72 Å². The van der Waals surface area contributed by atoms with Crippen molar-refractivity contribution >= 4 is 21.7 Å². The molecule has 0 radical (unpaired) electrons. The monoisotopic (exact) mass is 385 g/mol. The van der Waals surface area contributed by atoms with Gasteiger partial charge in [-0.15, -0.1) is 0 Å². The maximum Gasteiger partial charge on any atom is 0.338 e. The molecular weight excluding hydrogens is 362 g/mol. The van der Waals surface area contributed by atoms with Gasteiger partial charge in [-0.05, 0) is 45.2 Å². The summed E-state index contributed by atoms with van der Waals surface area (Å²) >= 11 is 0. The van der Waals surface area contributed by atoms with Gasteiger partial charge in [0.05, 0.1) is 22.0 Å². The second kappa shape index (κ2) is 8.11. The molecule has 0 saturated heterocycles. The number of nitro groups is 1. The van der Waals surface area contributed by atoms with E-state index in [1.165, 1.54) is 6.92 Å². The van der Waals surface area contributed by atoms with E-state index >= 15 is 0 Å². The highest BCUT2D eigenvalue weighted by Crippen LogP contribution is 2.29. The molecule has 10 heteroatoms. The van der Waals surface area contributed by atoms with Crippen LogP contribution < -0.4 is 10.5 Å². The Kier molecular flexibility index (Phi) is 6.32. The molecule has 2 rings (SSSR count). The van der Waals surface area contributed by atoms with Crippen molar-refractivity contribution in [1.29, 1.82) is 0 Å². The molecule has 9 nitrogen and oxygen atoms in total. The minimum atomic E-state index is -4.05. The van der Waals surface area contributed by atoms with Crippen molar-refractivity contribution in [3.8, 4) is 0 Å². The average Bonchev–Trinajstić information content (AvgIpc) is 3.01. The van der Waals surface area contributed by atoms with Crippen molar-refractivity contribution in [2.75, 3.05) is 13.2 Å². The number of carbonyl (C=O) groups is 1.